The van der Waals surface area contributed by atoms with Crippen LogP contribution in [0.2, 0.25) is 0 Å². The van der Waals surface area contributed by atoms with Gasteiger partial charge in [0.25, 0.3) is 0 Å². The van der Waals surface area contributed by atoms with E-state index in [1.807, 2.05) is 12.2 Å². The van der Waals surface area contributed by atoms with E-state index in [0.29, 0.717) is 0 Å². The van der Waals surface area contributed by atoms with E-state index in [0.717, 1.165) is 36.5 Å². The monoisotopic (exact) mass is 386 g/mol. The fraction of sp³-hybridized carbons (Fsp3) is 0.478. The smallest absolute Gasteiger partial charge is 0.409 e. The minimum Gasteiger partial charge on any atom is -0.409 e. The third kappa shape index (κ3) is 4.41. The Balaban J connectivity index is 2.02. The van der Waals surface area contributed by atoms with Gasteiger partial charge in [0.05, 0.1) is 0 Å². The number of allylic oxidation sites excluding steroid dienone is 4. The predicted molar refractivity (Wildman–Crippen MR) is 113 cm³/mol. The second-order valence-electron chi connectivity index (χ2n) is 9.24. The molecule has 1 unspecified atom stereocenters. The molecule has 1 aliphatic heterocycles. The molecule has 27 heavy (non-hydrogen) atoms. The van der Waals surface area contributed by atoms with Crippen molar-refractivity contribution in [2.75, 3.05) is 0 Å². The summed E-state index contributed by atoms with van der Waals surface area (Å²) in [5.41, 5.74) is 3.50. The first-order chi connectivity index (χ1) is 12.6. The summed E-state index contributed by atoms with van der Waals surface area (Å²) in [6.07, 6.45) is 8.77. The van der Waals surface area contributed by atoms with Crippen molar-refractivity contribution >= 4 is 8.60 Å². The van der Waals surface area contributed by atoms with E-state index in [-0.39, 0.29) is 10.8 Å². The van der Waals surface area contributed by atoms with Crippen LogP contribution in [0.15, 0.2) is 48.5 Å². The van der Waals surface area contributed by atoms with E-state index in [4.69, 9.17) is 13.6 Å². The Hall–Kier alpha value is -1.73. The van der Waals surface area contributed by atoms with Crippen molar-refractivity contribution in [3.05, 3.63) is 65.1 Å². The molecule has 4 heteroatoms. The van der Waals surface area contributed by atoms with E-state index in [1.165, 1.54) is 16.7 Å². The summed E-state index contributed by atoms with van der Waals surface area (Å²) in [5, 5.41) is 0. The Labute approximate surface area is 165 Å². The van der Waals surface area contributed by atoms with Gasteiger partial charge in [-0.2, -0.15) is 0 Å². The lowest BCUT2D eigenvalue weighted by Gasteiger charge is -2.30. The van der Waals surface area contributed by atoms with Gasteiger partial charge in [0.15, 0.2) is 11.5 Å². The fourth-order valence-electron chi connectivity index (χ4n) is 3.28. The molecule has 1 aliphatic carbocycles. The van der Waals surface area contributed by atoms with Crippen LogP contribution in [0, 0.1) is 0 Å². The SMILES string of the molecule is C=CCc1cc(C(C)(C)C)c(OP2OC3=C(CCC=C3)O2)c(C(C)(C)C)c1. The van der Waals surface area contributed by atoms with Crippen molar-refractivity contribution in [1.29, 1.82) is 0 Å². The molecule has 1 atom stereocenters. The number of hydrogen-bond acceptors (Lipinski definition) is 3. The molecule has 1 aromatic carbocycles. The summed E-state index contributed by atoms with van der Waals surface area (Å²) < 4.78 is 18.4. The van der Waals surface area contributed by atoms with Crippen LogP contribution in [0.4, 0.5) is 0 Å². The van der Waals surface area contributed by atoms with Crippen molar-refractivity contribution in [3.63, 3.8) is 0 Å². The van der Waals surface area contributed by atoms with Crippen molar-refractivity contribution < 1.29 is 13.6 Å². The van der Waals surface area contributed by atoms with Gasteiger partial charge in [0, 0.05) is 17.5 Å². The summed E-state index contributed by atoms with van der Waals surface area (Å²) in [5.74, 6) is 2.64. The average Bonchev–Trinajstić information content (AvgIpc) is 2.96. The van der Waals surface area contributed by atoms with Gasteiger partial charge in [-0.1, -0.05) is 65.8 Å². The maximum atomic E-state index is 6.43. The Morgan fingerprint density at radius 2 is 1.70 bits per heavy atom. The molecule has 0 N–H and O–H groups in total. The number of rotatable bonds is 4. The first-order valence-corrected chi connectivity index (χ1v) is 10.7. The van der Waals surface area contributed by atoms with E-state index >= 15 is 0 Å². The molecule has 0 aromatic heterocycles. The average molecular weight is 386 g/mol. The van der Waals surface area contributed by atoms with Gasteiger partial charge in [-0.3, -0.25) is 0 Å². The van der Waals surface area contributed by atoms with Crippen LogP contribution >= 0.6 is 8.60 Å². The third-order valence-corrected chi connectivity index (χ3v) is 5.80. The van der Waals surface area contributed by atoms with Gasteiger partial charge in [-0.25, -0.2) is 0 Å². The zero-order valence-corrected chi connectivity index (χ0v) is 18.3. The number of benzene rings is 1. The highest BCUT2D eigenvalue weighted by atomic mass is 31.2. The Bertz CT molecular complexity index is 756. The molecule has 1 aromatic rings. The van der Waals surface area contributed by atoms with Gasteiger partial charge in [-0.05, 0) is 35.3 Å². The van der Waals surface area contributed by atoms with E-state index < -0.39 is 8.60 Å². The second-order valence-corrected chi connectivity index (χ2v) is 10.2. The molecule has 1 heterocycles. The van der Waals surface area contributed by atoms with Crippen LogP contribution in [0.25, 0.3) is 0 Å². The molecule has 0 radical (unpaired) electrons. The standard InChI is InChI=1S/C23H31O3P/c1-8-11-16-14-17(22(2,3)4)21(18(15-16)23(5,6)7)26-27-24-19-12-9-10-13-20(19)25-27/h8-9,12,14-15H,1,10-11,13H2,2-7H3. The largest absolute Gasteiger partial charge is 0.530 e. The van der Waals surface area contributed by atoms with E-state index in [9.17, 15) is 0 Å². The van der Waals surface area contributed by atoms with Crippen molar-refractivity contribution in [2.24, 2.45) is 0 Å². The second kappa shape index (κ2) is 7.36. The van der Waals surface area contributed by atoms with Gasteiger partial charge < -0.3 is 13.6 Å². The van der Waals surface area contributed by atoms with Crippen molar-refractivity contribution in [2.45, 2.75) is 71.6 Å². The third-order valence-electron chi connectivity index (χ3n) is 4.75. The molecule has 0 amide bonds. The lowest BCUT2D eigenvalue weighted by Crippen LogP contribution is -2.19. The normalized spacial score (nSPS) is 19.4. The van der Waals surface area contributed by atoms with Crippen molar-refractivity contribution in [1.82, 2.24) is 0 Å². The van der Waals surface area contributed by atoms with Gasteiger partial charge >= 0.3 is 8.60 Å². The predicted octanol–water partition coefficient (Wildman–Crippen LogP) is 7.22. The van der Waals surface area contributed by atoms with Crippen LogP contribution in [-0.2, 0) is 26.3 Å². The minimum absolute atomic E-state index is 0.0610. The van der Waals surface area contributed by atoms with Crippen LogP contribution in [-0.4, -0.2) is 0 Å². The first-order valence-electron chi connectivity index (χ1n) is 9.62. The highest BCUT2D eigenvalue weighted by Gasteiger charge is 2.36. The highest BCUT2D eigenvalue weighted by Crippen LogP contribution is 2.55. The molecule has 3 nitrogen and oxygen atoms in total. The summed E-state index contributed by atoms with van der Waals surface area (Å²) in [7, 11) is -1.46. The maximum absolute atomic E-state index is 6.43. The zero-order chi connectivity index (χ0) is 19.8. The topological polar surface area (TPSA) is 27.7 Å². The highest BCUT2D eigenvalue weighted by molar-refractivity contribution is 7.42. The van der Waals surface area contributed by atoms with Crippen LogP contribution < -0.4 is 4.52 Å². The van der Waals surface area contributed by atoms with Gasteiger partial charge in [0.2, 0.25) is 0 Å². The zero-order valence-electron chi connectivity index (χ0n) is 17.4. The van der Waals surface area contributed by atoms with Crippen LogP contribution in [0.1, 0.15) is 71.1 Å². The molecule has 3 rings (SSSR count). The Kier molecular flexibility index (Phi) is 5.45. The summed E-state index contributed by atoms with van der Waals surface area (Å²) in [4.78, 5) is 0. The van der Waals surface area contributed by atoms with E-state index in [1.54, 1.807) is 0 Å². The van der Waals surface area contributed by atoms with Gasteiger partial charge in [0.1, 0.15) is 5.75 Å². The lowest BCUT2D eigenvalue weighted by molar-refractivity contribution is 0.344. The quantitative estimate of drug-likeness (QED) is 0.404. The molecule has 0 spiro atoms. The molecule has 0 saturated heterocycles. The Morgan fingerprint density at radius 3 is 2.22 bits per heavy atom. The molecule has 0 bridgehead atoms. The summed E-state index contributed by atoms with van der Waals surface area (Å²) in [6, 6.07) is 4.48. The fourth-order valence-corrected chi connectivity index (χ4v) is 4.42. The van der Waals surface area contributed by atoms with Crippen LogP contribution in [0.3, 0.4) is 0 Å². The maximum Gasteiger partial charge on any atom is 0.530 e. The molecular weight excluding hydrogens is 355 g/mol. The molecule has 0 fully saturated rings. The molecule has 146 valence electrons. The van der Waals surface area contributed by atoms with Gasteiger partial charge in [-0.15, -0.1) is 6.58 Å². The molecular formula is C23H31O3P. The molecule has 2 aliphatic rings. The first kappa shape index (κ1) is 20.0. The minimum atomic E-state index is -1.46. The van der Waals surface area contributed by atoms with Crippen LogP contribution in [0.5, 0.6) is 5.75 Å². The van der Waals surface area contributed by atoms with Crippen molar-refractivity contribution in [3.8, 4) is 5.75 Å². The summed E-state index contributed by atoms with van der Waals surface area (Å²) >= 11 is 0. The summed E-state index contributed by atoms with van der Waals surface area (Å²) in [6.45, 7) is 17.2. The van der Waals surface area contributed by atoms with E-state index in [2.05, 4.69) is 66.3 Å². The lowest BCUT2D eigenvalue weighted by atomic mass is 9.78. The molecule has 0 saturated carbocycles. The number of hydrogen-bond donors (Lipinski definition) is 0. The Morgan fingerprint density at radius 1 is 1.07 bits per heavy atom.